The summed E-state index contributed by atoms with van der Waals surface area (Å²) in [5, 5.41) is 0. The van der Waals surface area contributed by atoms with E-state index in [-0.39, 0.29) is 5.82 Å². The second-order valence-electron chi connectivity index (χ2n) is 3.37. The number of hydrogen-bond acceptors (Lipinski definition) is 2. The molecule has 2 nitrogen and oxygen atoms in total. The third-order valence-corrected chi connectivity index (χ3v) is 2.11. The topological polar surface area (TPSA) is 21.3 Å². The molecule has 0 unspecified atom stereocenters. The Morgan fingerprint density at radius 3 is 2.56 bits per heavy atom. The Morgan fingerprint density at radius 2 is 1.81 bits per heavy atom. The van der Waals surface area contributed by atoms with Crippen LogP contribution in [0.15, 0.2) is 54.6 Å². The molecule has 1 N–H and O–H groups in total. The van der Waals surface area contributed by atoms with Crippen LogP contribution in [0.2, 0.25) is 0 Å². The Labute approximate surface area is 93.6 Å². The van der Waals surface area contributed by atoms with Crippen molar-refractivity contribution in [1.82, 2.24) is 5.48 Å². The van der Waals surface area contributed by atoms with Gasteiger partial charge in [-0.3, -0.25) is 0 Å². The molecule has 2 aromatic rings. The summed E-state index contributed by atoms with van der Waals surface area (Å²) in [6.07, 6.45) is 0. The lowest BCUT2D eigenvalue weighted by molar-refractivity contribution is 0.190. The Morgan fingerprint density at radius 1 is 1.00 bits per heavy atom. The summed E-state index contributed by atoms with van der Waals surface area (Å²) < 4.78 is 12.8. The van der Waals surface area contributed by atoms with Crippen molar-refractivity contribution in [2.75, 3.05) is 0 Å². The quantitative estimate of drug-likeness (QED) is 0.795. The fraction of sp³-hybridized carbons (Fsp3) is 0.0769. The van der Waals surface area contributed by atoms with Gasteiger partial charge in [-0.1, -0.05) is 36.4 Å². The van der Waals surface area contributed by atoms with Crippen LogP contribution in [-0.4, -0.2) is 0 Å². The minimum absolute atomic E-state index is 0.306. The van der Waals surface area contributed by atoms with Crippen LogP contribution in [-0.2, 0) is 6.54 Å². The molecule has 0 amide bonds. The maximum atomic E-state index is 12.8. The van der Waals surface area contributed by atoms with Gasteiger partial charge >= 0.3 is 0 Å². The molecular formula is C13H12FNO. The first-order valence-electron chi connectivity index (χ1n) is 5.04. The summed E-state index contributed by atoms with van der Waals surface area (Å²) in [6, 6.07) is 15.9. The molecule has 3 heteroatoms. The molecular weight excluding hydrogens is 205 g/mol. The van der Waals surface area contributed by atoms with Crippen molar-refractivity contribution >= 4 is 0 Å². The highest BCUT2D eigenvalue weighted by atomic mass is 19.1. The van der Waals surface area contributed by atoms with Crippen LogP contribution >= 0.6 is 0 Å². The summed E-state index contributed by atoms with van der Waals surface area (Å²) in [7, 11) is 0. The third-order valence-electron chi connectivity index (χ3n) is 2.11. The molecule has 0 aliphatic carbocycles. The van der Waals surface area contributed by atoms with Crippen LogP contribution < -0.4 is 10.3 Å². The first kappa shape index (κ1) is 10.6. The Bertz CT molecular complexity index is 445. The average molecular weight is 217 g/mol. The zero-order chi connectivity index (χ0) is 11.2. The molecule has 0 fully saturated rings. The van der Waals surface area contributed by atoms with Gasteiger partial charge in [0, 0.05) is 6.07 Å². The van der Waals surface area contributed by atoms with Crippen LogP contribution in [0.25, 0.3) is 0 Å². The van der Waals surface area contributed by atoms with Gasteiger partial charge in [0.15, 0.2) is 0 Å². The Kier molecular flexibility index (Phi) is 3.51. The summed E-state index contributed by atoms with van der Waals surface area (Å²) in [6.45, 7) is 0.581. The van der Waals surface area contributed by atoms with E-state index in [1.807, 2.05) is 30.3 Å². The number of hydrogen-bond donors (Lipinski definition) is 1. The van der Waals surface area contributed by atoms with Crippen LogP contribution in [0.5, 0.6) is 5.75 Å². The maximum Gasteiger partial charge on any atom is 0.150 e. The number of rotatable bonds is 4. The van der Waals surface area contributed by atoms with Gasteiger partial charge in [0.25, 0.3) is 0 Å². The molecule has 0 saturated carbocycles. The van der Waals surface area contributed by atoms with E-state index < -0.39 is 0 Å². The second-order valence-corrected chi connectivity index (χ2v) is 3.37. The number of benzene rings is 2. The fourth-order valence-corrected chi connectivity index (χ4v) is 1.33. The molecule has 0 aliphatic rings. The molecule has 0 radical (unpaired) electrons. The van der Waals surface area contributed by atoms with Crippen molar-refractivity contribution in [1.29, 1.82) is 0 Å². The van der Waals surface area contributed by atoms with E-state index in [0.29, 0.717) is 12.3 Å². The van der Waals surface area contributed by atoms with Crippen molar-refractivity contribution in [3.8, 4) is 5.75 Å². The summed E-state index contributed by atoms with van der Waals surface area (Å²) in [5.41, 5.74) is 3.89. The van der Waals surface area contributed by atoms with Crippen molar-refractivity contribution in [3.63, 3.8) is 0 Å². The van der Waals surface area contributed by atoms with Gasteiger partial charge in [-0.2, -0.15) is 5.48 Å². The van der Waals surface area contributed by atoms with Crippen molar-refractivity contribution in [3.05, 3.63) is 66.0 Å². The standard InChI is InChI=1S/C13H12FNO/c14-12-7-4-8-13(9-12)16-15-10-11-5-2-1-3-6-11/h1-9,15H,10H2. The molecule has 0 heterocycles. The molecule has 0 bridgehead atoms. The normalized spacial score (nSPS) is 10.1. The lowest BCUT2D eigenvalue weighted by Crippen LogP contribution is -2.17. The van der Waals surface area contributed by atoms with Gasteiger partial charge in [0.2, 0.25) is 0 Å². The van der Waals surface area contributed by atoms with E-state index in [1.165, 1.54) is 12.1 Å². The van der Waals surface area contributed by atoms with Crippen LogP contribution in [0.1, 0.15) is 5.56 Å². The van der Waals surface area contributed by atoms with E-state index in [9.17, 15) is 4.39 Å². The minimum atomic E-state index is -0.306. The number of hydroxylamine groups is 1. The first-order chi connectivity index (χ1) is 7.84. The smallest absolute Gasteiger partial charge is 0.150 e. The van der Waals surface area contributed by atoms with E-state index in [0.717, 1.165) is 5.56 Å². The lowest BCUT2D eigenvalue weighted by Gasteiger charge is -2.06. The summed E-state index contributed by atoms with van der Waals surface area (Å²) in [5.74, 6) is 0.162. The van der Waals surface area contributed by atoms with Crippen LogP contribution in [0.4, 0.5) is 4.39 Å². The molecule has 2 aromatic carbocycles. The Balaban J connectivity index is 1.85. The minimum Gasteiger partial charge on any atom is -0.408 e. The van der Waals surface area contributed by atoms with Gasteiger partial charge in [0.05, 0.1) is 6.54 Å². The molecule has 0 aliphatic heterocycles. The lowest BCUT2D eigenvalue weighted by atomic mass is 10.2. The molecule has 0 atom stereocenters. The van der Waals surface area contributed by atoms with Gasteiger partial charge in [-0.15, -0.1) is 0 Å². The van der Waals surface area contributed by atoms with E-state index >= 15 is 0 Å². The third kappa shape index (κ3) is 3.07. The highest BCUT2D eigenvalue weighted by Crippen LogP contribution is 2.10. The van der Waals surface area contributed by atoms with Gasteiger partial charge in [0.1, 0.15) is 11.6 Å². The number of nitrogens with one attached hydrogen (secondary N) is 1. The average Bonchev–Trinajstić information content (AvgIpc) is 2.30. The van der Waals surface area contributed by atoms with E-state index in [1.54, 1.807) is 12.1 Å². The highest BCUT2D eigenvalue weighted by molar-refractivity contribution is 5.22. The maximum absolute atomic E-state index is 12.8. The first-order valence-corrected chi connectivity index (χ1v) is 5.04. The monoisotopic (exact) mass is 217 g/mol. The van der Waals surface area contributed by atoms with E-state index in [4.69, 9.17) is 4.84 Å². The van der Waals surface area contributed by atoms with Gasteiger partial charge in [-0.25, -0.2) is 4.39 Å². The highest BCUT2D eigenvalue weighted by Gasteiger charge is 1.96. The molecule has 2 rings (SSSR count). The molecule has 0 spiro atoms. The summed E-state index contributed by atoms with van der Waals surface area (Å²) >= 11 is 0. The molecule has 0 saturated heterocycles. The zero-order valence-corrected chi connectivity index (χ0v) is 8.69. The van der Waals surface area contributed by atoms with Gasteiger partial charge in [-0.05, 0) is 17.7 Å². The van der Waals surface area contributed by atoms with Crippen molar-refractivity contribution < 1.29 is 9.23 Å². The van der Waals surface area contributed by atoms with Gasteiger partial charge < -0.3 is 4.84 Å². The fourth-order valence-electron chi connectivity index (χ4n) is 1.33. The number of halogens is 1. The zero-order valence-electron chi connectivity index (χ0n) is 8.69. The Hall–Kier alpha value is -1.87. The molecule has 16 heavy (non-hydrogen) atoms. The summed E-state index contributed by atoms with van der Waals surface area (Å²) in [4.78, 5) is 5.20. The largest absolute Gasteiger partial charge is 0.408 e. The second kappa shape index (κ2) is 5.28. The van der Waals surface area contributed by atoms with E-state index in [2.05, 4.69) is 5.48 Å². The molecule has 0 aromatic heterocycles. The van der Waals surface area contributed by atoms with Crippen molar-refractivity contribution in [2.45, 2.75) is 6.54 Å². The van der Waals surface area contributed by atoms with Crippen LogP contribution in [0.3, 0.4) is 0 Å². The van der Waals surface area contributed by atoms with Crippen molar-refractivity contribution in [2.24, 2.45) is 0 Å². The predicted molar refractivity (Wildman–Crippen MR) is 60.3 cm³/mol. The molecule has 82 valence electrons. The SMILES string of the molecule is Fc1cccc(ONCc2ccccc2)c1. The predicted octanol–water partition coefficient (Wildman–Crippen LogP) is 2.91. The van der Waals surface area contributed by atoms with Crippen LogP contribution in [0, 0.1) is 5.82 Å².